The molecule has 6 rings (SSSR count). The summed E-state index contributed by atoms with van der Waals surface area (Å²) < 4.78 is 32.0. The van der Waals surface area contributed by atoms with Crippen LogP contribution in [0.3, 0.4) is 0 Å². The van der Waals surface area contributed by atoms with Gasteiger partial charge in [-0.15, -0.1) is 0 Å². The third kappa shape index (κ3) is 4.92. The summed E-state index contributed by atoms with van der Waals surface area (Å²) in [5.74, 6) is -3.60. The van der Waals surface area contributed by atoms with Crippen molar-refractivity contribution in [3.63, 3.8) is 0 Å². The number of anilines is 1. The van der Waals surface area contributed by atoms with Crippen LogP contribution in [0, 0.1) is 23.0 Å². The zero-order chi connectivity index (χ0) is 31.0. The van der Waals surface area contributed by atoms with Crippen LogP contribution in [0.15, 0.2) is 60.7 Å². The summed E-state index contributed by atoms with van der Waals surface area (Å²) in [7, 11) is 0. The lowest BCUT2D eigenvalue weighted by Crippen LogP contribution is -2.57. The molecule has 3 N–H and O–H groups in total. The number of hydrogen-bond acceptors (Lipinski definition) is 4. The van der Waals surface area contributed by atoms with Crippen LogP contribution in [0.5, 0.6) is 0 Å². The van der Waals surface area contributed by atoms with E-state index in [-0.39, 0.29) is 44.0 Å². The van der Waals surface area contributed by atoms with Gasteiger partial charge in [-0.1, -0.05) is 62.2 Å². The summed E-state index contributed by atoms with van der Waals surface area (Å²) in [6.07, 6.45) is 1.78. The highest BCUT2D eigenvalue weighted by molar-refractivity contribution is 6.31. The molecule has 3 aromatic carbocycles. The molecule has 3 aromatic rings. The summed E-state index contributed by atoms with van der Waals surface area (Å²) in [5, 5.41) is 9.52. The minimum absolute atomic E-state index is 0.0996. The molecule has 2 saturated heterocycles. The molecule has 2 aliphatic heterocycles. The predicted molar refractivity (Wildman–Crippen MR) is 162 cm³/mol. The lowest BCUT2D eigenvalue weighted by molar-refractivity contribution is -0.119. The monoisotopic (exact) mass is 627 g/mol. The van der Waals surface area contributed by atoms with Crippen molar-refractivity contribution < 1.29 is 23.5 Å². The van der Waals surface area contributed by atoms with Crippen LogP contribution in [0.25, 0.3) is 0 Å². The first kappa shape index (κ1) is 30.0. The molecule has 3 aliphatic rings. The number of halogens is 4. The van der Waals surface area contributed by atoms with Gasteiger partial charge in [-0.05, 0) is 78.6 Å². The molecular formula is C33H33Cl2F2N3O3. The maximum Gasteiger partial charge on any atom is 0.335 e. The second kappa shape index (κ2) is 10.5. The van der Waals surface area contributed by atoms with Crippen LogP contribution >= 0.6 is 23.2 Å². The van der Waals surface area contributed by atoms with Crippen molar-refractivity contribution >= 4 is 40.8 Å². The van der Waals surface area contributed by atoms with Gasteiger partial charge < -0.3 is 10.8 Å². The number of rotatable bonds is 6. The molecule has 0 spiro atoms. The fourth-order valence-corrected chi connectivity index (χ4v) is 7.57. The highest BCUT2D eigenvalue weighted by Crippen LogP contribution is 2.59. The second-order valence-electron chi connectivity index (χ2n) is 13.2. The number of benzene rings is 3. The molecular weight excluding hydrogens is 595 g/mol. The highest BCUT2D eigenvalue weighted by Gasteiger charge is 2.69. The fraction of sp³-hybridized carbons (Fsp3) is 0.394. The Labute approximate surface area is 259 Å². The Morgan fingerprint density at radius 3 is 2.33 bits per heavy atom. The van der Waals surface area contributed by atoms with Gasteiger partial charge in [0.15, 0.2) is 0 Å². The van der Waals surface area contributed by atoms with Crippen LogP contribution in [0.4, 0.5) is 14.5 Å². The van der Waals surface area contributed by atoms with Crippen molar-refractivity contribution in [2.45, 2.75) is 69.7 Å². The average Bonchev–Trinajstić information content (AvgIpc) is 3.69. The molecule has 226 valence electrons. The molecule has 1 aliphatic carbocycles. The number of amides is 1. The second-order valence-corrected chi connectivity index (χ2v) is 14.0. The molecule has 0 radical (unpaired) electrons. The normalized spacial score (nSPS) is 27.5. The largest absolute Gasteiger partial charge is 0.478 e. The number of nitrogens with two attached hydrogens (primary N) is 1. The van der Waals surface area contributed by atoms with E-state index in [1.807, 2.05) is 0 Å². The van der Waals surface area contributed by atoms with Crippen molar-refractivity contribution in [2.24, 2.45) is 17.1 Å². The molecule has 0 bridgehead atoms. The minimum Gasteiger partial charge on any atom is -0.478 e. The molecule has 6 nitrogen and oxygen atoms in total. The van der Waals surface area contributed by atoms with Crippen molar-refractivity contribution in [3.05, 3.63) is 99.0 Å². The number of aromatic carboxylic acids is 1. The third-order valence-electron chi connectivity index (χ3n) is 9.08. The zero-order valence-corrected chi connectivity index (χ0v) is 25.5. The standard InChI is InChI=1S/C33H33Cl2F2N3O3/c1-32(2,3)16-25-33(38,22-14-11-19(34)15-24(22)36)26(21-5-4-6-23(35)27(21)37)28-30(41)39(29(40(25)28)17-7-8-17)20-12-9-18(10-13-20)31(42)43/h4-6,9-15,17,25-26,28-29H,7-8,16,38H2,1-3H3,(H,42,43)/t25-,26-,28+,29+,33+/m0/s1. The maximum absolute atomic E-state index is 16.0. The van der Waals surface area contributed by atoms with Crippen molar-refractivity contribution in [1.29, 1.82) is 0 Å². The lowest BCUT2D eigenvalue weighted by Gasteiger charge is -2.44. The Kier molecular flexibility index (Phi) is 7.36. The Bertz CT molecular complexity index is 1610. The average molecular weight is 629 g/mol. The molecule has 3 fully saturated rings. The number of hydrogen-bond donors (Lipinski definition) is 2. The van der Waals surface area contributed by atoms with Crippen LogP contribution < -0.4 is 10.6 Å². The zero-order valence-electron chi connectivity index (χ0n) is 24.0. The van der Waals surface area contributed by atoms with E-state index in [0.717, 1.165) is 12.8 Å². The quantitative estimate of drug-likeness (QED) is 0.302. The van der Waals surface area contributed by atoms with E-state index in [9.17, 15) is 14.7 Å². The Hall–Kier alpha value is -3.04. The number of carbonyl (C=O) groups excluding carboxylic acids is 1. The first-order valence-corrected chi connectivity index (χ1v) is 15.1. The lowest BCUT2D eigenvalue weighted by atomic mass is 9.68. The molecule has 1 amide bonds. The Morgan fingerprint density at radius 1 is 1.07 bits per heavy atom. The van der Waals surface area contributed by atoms with E-state index in [2.05, 4.69) is 25.7 Å². The summed E-state index contributed by atoms with van der Waals surface area (Å²) in [4.78, 5) is 30.1. The van der Waals surface area contributed by atoms with E-state index in [1.165, 1.54) is 24.3 Å². The summed E-state index contributed by atoms with van der Waals surface area (Å²) in [6.45, 7) is 6.17. The minimum atomic E-state index is -1.54. The molecule has 1 saturated carbocycles. The van der Waals surface area contributed by atoms with Crippen LogP contribution in [-0.2, 0) is 10.3 Å². The Morgan fingerprint density at radius 2 is 1.74 bits per heavy atom. The maximum atomic E-state index is 16.0. The topological polar surface area (TPSA) is 86.9 Å². The van der Waals surface area contributed by atoms with E-state index in [0.29, 0.717) is 12.1 Å². The van der Waals surface area contributed by atoms with Crippen LogP contribution in [0.1, 0.15) is 67.4 Å². The number of carbonyl (C=O) groups is 2. The highest BCUT2D eigenvalue weighted by atomic mass is 35.5. The Balaban J connectivity index is 1.61. The van der Waals surface area contributed by atoms with E-state index < -0.39 is 47.3 Å². The number of nitrogens with zero attached hydrogens (tertiary/aromatic N) is 2. The first-order chi connectivity index (χ1) is 20.2. The van der Waals surface area contributed by atoms with Gasteiger partial charge in [-0.25, -0.2) is 13.6 Å². The fourth-order valence-electron chi connectivity index (χ4n) is 7.23. The van der Waals surface area contributed by atoms with Gasteiger partial charge in [0, 0.05) is 28.2 Å². The first-order valence-electron chi connectivity index (χ1n) is 14.4. The molecule has 10 heteroatoms. The van der Waals surface area contributed by atoms with E-state index in [1.54, 1.807) is 41.3 Å². The van der Waals surface area contributed by atoms with Crippen molar-refractivity contribution in [1.82, 2.24) is 4.90 Å². The molecule has 2 heterocycles. The van der Waals surface area contributed by atoms with Gasteiger partial charge in [-0.2, -0.15) is 0 Å². The molecule has 0 unspecified atom stereocenters. The summed E-state index contributed by atoms with van der Waals surface area (Å²) in [6, 6.07) is 13.6. The number of carboxylic acid groups (broad SMARTS) is 1. The third-order valence-corrected chi connectivity index (χ3v) is 9.61. The van der Waals surface area contributed by atoms with Crippen molar-refractivity contribution in [3.8, 4) is 0 Å². The molecule has 0 aromatic heterocycles. The SMILES string of the molecule is CC(C)(C)C[C@@H]1N2[C@H](C3CC3)N(c3ccc(C(=O)O)cc3)C(=O)[C@H]2[C@H](c2cccc(Cl)c2F)[C@@]1(N)c1ccc(Cl)cc1F. The van der Waals surface area contributed by atoms with Gasteiger partial charge in [0.1, 0.15) is 17.7 Å². The van der Waals surface area contributed by atoms with Crippen LogP contribution in [0.2, 0.25) is 10.0 Å². The summed E-state index contributed by atoms with van der Waals surface area (Å²) in [5.41, 5.74) is 6.57. The van der Waals surface area contributed by atoms with Gasteiger partial charge >= 0.3 is 5.97 Å². The van der Waals surface area contributed by atoms with Crippen molar-refractivity contribution in [2.75, 3.05) is 4.90 Å². The van der Waals surface area contributed by atoms with E-state index in [4.69, 9.17) is 28.9 Å². The van der Waals surface area contributed by atoms with Gasteiger partial charge in [0.05, 0.1) is 22.3 Å². The summed E-state index contributed by atoms with van der Waals surface area (Å²) >= 11 is 12.5. The molecule has 5 atom stereocenters. The number of carboxylic acids is 1. The predicted octanol–water partition coefficient (Wildman–Crippen LogP) is 7.18. The van der Waals surface area contributed by atoms with Crippen LogP contribution in [-0.4, -0.2) is 40.1 Å². The number of fused-ring (bicyclic) bond motifs is 1. The smallest absolute Gasteiger partial charge is 0.335 e. The molecule has 43 heavy (non-hydrogen) atoms. The van der Waals surface area contributed by atoms with Gasteiger partial charge in [0.25, 0.3) is 0 Å². The van der Waals surface area contributed by atoms with E-state index >= 15 is 8.78 Å². The van der Waals surface area contributed by atoms with Gasteiger partial charge in [0.2, 0.25) is 5.91 Å². The van der Waals surface area contributed by atoms with Gasteiger partial charge in [-0.3, -0.25) is 14.6 Å².